The van der Waals surface area contributed by atoms with Crippen LogP contribution in [0.4, 0.5) is 8.78 Å². The molecule has 2 aromatic heterocycles. The summed E-state index contributed by atoms with van der Waals surface area (Å²) in [4.78, 5) is 4.32. The molecule has 0 amide bonds. The summed E-state index contributed by atoms with van der Waals surface area (Å²) < 4.78 is 27.6. The van der Waals surface area contributed by atoms with Crippen LogP contribution in [-0.4, -0.2) is 14.6 Å². The minimum Gasteiger partial charge on any atom is -0.235 e. The second-order valence-corrected chi connectivity index (χ2v) is 7.14. The molecule has 1 fully saturated rings. The van der Waals surface area contributed by atoms with Gasteiger partial charge in [0.05, 0.1) is 11.9 Å². The fourth-order valence-electron chi connectivity index (χ4n) is 3.94. The molecule has 0 spiro atoms. The number of aromatic nitrogens is 3. The molecule has 0 bridgehead atoms. The first-order valence-corrected chi connectivity index (χ1v) is 9.45. The van der Waals surface area contributed by atoms with Gasteiger partial charge in [0.25, 0.3) is 6.43 Å². The van der Waals surface area contributed by atoms with E-state index >= 15 is 0 Å². The van der Waals surface area contributed by atoms with Crippen LogP contribution in [0.5, 0.6) is 0 Å². The Kier molecular flexibility index (Phi) is 4.96. The highest BCUT2D eigenvalue weighted by atomic mass is 19.3. The third-order valence-corrected chi connectivity index (χ3v) is 5.37. The van der Waals surface area contributed by atoms with Crippen molar-refractivity contribution in [2.75, 3.05) is 0 Å². The van der Waals surface area contributed by atoms with Crippen LogP contribution in [0.15, 0.2) is 42.6 Å². The summed E-state index contributed by atoms with van der Waals surface area (Å²) >= 11 is 0. The Morgan fingerprint density at radius 2 is 1.73 bits per heavy atom. The highest BCUT2D eigenvalue weighted by Crippen LogP contribution is 2.33. The lowest BCUT2D eigenvalue weighted by Gasteiger charge is -2.20. The molecule has 26 heavy (non-hydrogen) atoms. The van der Waals surface area contributed by atoms with Gasteiger partial charge in [-0.15, -0.1) is 0 Å². The molecule has 4 rings (SSSR count). The number of imidazole rings is 1. The minimum atomic E-state index is -2.59. The molecular weight excluding hydrogens is 332 g/mol. The van der Waals surface area contributed by atoms with Crippen molar-refractivity contribution in [3.8, 4) is 11.3 Å². The molecule has 1 saturated carbocycles. The summed E-state index contributed by atoms with van der Waals surface area (Å²) in [5.41, 5.74) is 3.43. The number of halogens is 2. The van der Waals surface area contributed by atoms with Gasteiger partial charge in [0.1, 0.15) is 5.69 Å². The number of rotatable bonds is 3. The Balaban J connectivity index is 1.70. The Morgan fingerprint density at radius 3 is 2.50 bits per heavy atom. The van der Waals surface area contributed by atoms with E-state index in [2.05, 4.69) is 28.3 Å². The van der Waals surface area contributed by atoms with E-state index in [1.807, 2.05) is 6.07 Å². The highest BCUT2D eigenvalue weighted by molar-refractivity contribution is 5.64. The highest BCUT2D eigenvalue weighted by Gasteiger charge is 2.16. The maximum atomic E-state index is 13.0. The number of hydrogen-bond acceptors (Lipinski definition) is 2. The molecule has 1 aromatic carbocycles. The molecule has 0 unspecified atom stereocenters. The van der Waals surface area contributed by atoms with Gasteiger partial charge in [0.15, 0.2) is 5.65 Å². The molecule has 5 heteroatoms. The van der Waals surface area contributed by atoms with Crippen molar-refractivity contribution >= 4 is 5.65 Å². The summed E-state index contributed by atoms with van der Waals surface area (Å²) in [6.07, 6.45) is 8.15. The molecule has 0 aliphatic heterocycles. The average Bonchev–Trinajstić information content (AvgIpc) is 3.04. The summed E-state index contributed by atoms with van der Waals surface area (Å²) in [6, 6.07) is 11.4. The van der Waals surface area contributed by atoms with Crippen LogP contribution in [0, 0.1) is 0 Å². The normalized spacial score (nSPS) is 16.7. The summed E-state index contributed by atoms with van der Waals surface area (Å²) in [7, 11) is 0. The van der Waals surface area contributed by atoms with Crippen LogP contribution in [0.1, 0.15) is 68.5 Å². The van der Waals surface area contributed by atoms with Gasteiger partial charge >= 0.3 is 0 Å². The number of alkyl halides is 2. The van der Waals surface area contributed by atoms with Crippen molar-refractivity contribution in [1.82, 2.24) is 14.6 Å². The van der Waals surface area contributed by atoms with Crippen LogP contribution < -0.4 is 0 Å². The molecule has 136 valence electrons. The standard InChI is InChI=1S/C21H23F2N3/c22-21(23)18-11-12-20-24-14-19(26(20)25-18)17-10-6-9-16(13-17)15-7-4-2-1-3-5-8-15/h6,9-15,21H,1-5,7-8H2. The van der Waals surface area contributed by atoms with Crippen molar-refractivity contribution in [2.24, 2.45) is 0 Å². The molecule has 1 aliphatic rings. The SMILES string of the molecule is FC(F)c1ccc2ncc(-c3cccc(C4CCCCCCC4)c3)n2n1. The summed E-state index contributed by atoms with van der Waals surface area (Å²) in [6.45, 7) is 0. The van der Waals surface area contributed by atoms with Crippen LogP contribution >= 0.6 is 0 Å². The first-order chi connectivity index (χ1) is 12.7. The van der Waals surface area contributed by atoms with Gasteiger partial charge < -0.3 is 0 Å². The first kappa shape index (κ1) is 17.1. The number of hydrogen-bond donors (Lipinski definition) is 0. The van der Waals surface area contributed by atoms with Gasteiger partial charge in [0.2, 0.25) is 0 Å². The fraction of sp³-hybridized carbons (Fsp3) is 0.429. The van der Waals surface area contributed by atoms with Crippen LogP contribution in [-0.2, 0) is 0 Å². The lowest BCUT2D eigenvalue weighted by molar-refractivity contribution is 0.144. The summed E-state index contributed by atoms with van der Waals surface area (Å²) in [5, 5.41) is 4.08. The smallest absolute Gasteiger partial charge is 0.235 e. The topological polar surface area (TPSA) is 30.2 Å². The first-order valence-electron chi connectivity index (χ1n) is 9.45. The van der Waals surface area contributed by atoms with Gasteiger partial charge in [0, 0.05) is 5.56 Å². The molecule has 0 atom stereocenters. The Bertz CT molecular complexity index is 880. The van der Waals surface area contributed by atoms with Gasteiger partial charge in [-0.25, -0.2) is 18.3 Å². The largest absolute Gasteiger partial charge is 0.282 e. The molecule has 3 nitrogen and oxygen atoms in total. The number of benzene rings is 1. The maximum absolute atomic E-state index is 13.0. The Labute approximate surface area is 152 Å². The zero-order valence-corrected chi connectivity index (χ0v) is 14.7. The Morgan fingerprint density at radius 1 is 0.962 bits per heavy atom. The van der Waals surface area contributed by atoms with Gasteiger partial charge in [-0.2, -0.15) is 5.10 Å². The lowest BCUT2D eigenvalue weighted by Crippen LogP contribution is -2.03. The van der Waals surface area contributed by atoms with E-state index in [0.29, 0.717) is 11.6 Å². The molecule has 3 aromatic rings. The van der Waals surface area contributed by atoms with Crippen LogP contribution in [0.25, 0.3) is 16.9 Å². The van der Waals surface area contributed by atoms with E-state index in [9.17, 15) is 8.78 Å². The molecule has 0 radical (unpaired) electrons. The van der Waals surface area contributed by atoms with Gasteiger partial charge in [-0.05, 0) is 42.5 Å². The van der Waals surface area contributed by atoms with E-state index < -0.39 is 6.43 Å². The third kappa shape index (κ3) is 3.48. The average molecular weight is 355 g/mol. The zero-order valence-electron chi connectivity index (χ0n) is 14.7. The van der Waals surface area contributed by atoms with E-state index in [4.69, 9.17) is 0 Å². The van der Waals surface area contributed by atoms with E-state index in [-0.39, 0.29) is 5.69 Å². The van der Waals surface area contributed by atoms with Crippen molar-refractivity contribution in [1.29, 1.82) is 0 Å². The maximum Gasteiger partial charge on any atom is 0.282 e. The molecule has 1 aliphatic carbocycles. The lowest BCUT2D eigenvalue weighted by atomic mass is 9.85. The van der Waals surface area contributed by atoms with Gasteiger partial charge in [-0.1, -0.05) is 50.3 Å². The van der Waals surface area contributed by atoms with Crippen molar-refractivity contribution < 1.29 is 8.78 Å². The quantitative estimate of drug-likeness (QED) is 0.563. The molecule has 0 N–H and O–H groups in total. The van der Waals surface area contributed by atoms with Crippen LogP contribution in [0.2, 0.25) is 0 Å². The second kappa shape index (κ2) is 7.52. The molecular formula is C21H23F2N3. The number of fused-ring (bicyclic) bond motifs is 1. The van der Waals surface area contributed by atoms with Gasteiger partial charge in [-0.3, -0.25) is 0 Å². The van der Waals surface area contributed by atoms with Crippen molar-refractivity contribution in [3.63, 3.8) is 0 Å². The second-order valence-electron chi connectivity index (χ2n) is 7.14. The Hall–Kier alpha value is -2.30. The van der Waals surface area contributed by atoms with Crippen molar-refractivity contribution in [3.05, 3.63) is 53.9 Å². The van der Waals surface area contributed by atoms with E-state index in [1.54, 1.807) is 12.3 Å². The van der Waals surface area contributed by atoms with Crippen molar-refractivity contribution in [2.45, 2.75) is 57.3 Å². The fourth-order valence-corrected chi connectivity index (χ4v) is 3.94. The minimum absolute atomic E-state index is 0.229. The predicted octanol–water partition coefficient (Wildman–Crippen LogP) is 6.16. The summed E-state index contributed by atoms with van der Waals surface area (Å²) in [5.74, 6) is 0.582. The predicted molar refractivity (Wildman–Crippen MR) is 98.4 cm³/mol. The van der Waals surface area contributed by atoms with E-state index in [0.717, 1.165) is 11.3 Å². The van der Waals surface area contributed by atoms with Crippen LogP contribution in [0.3, 0.4) is 0 Å². The zero-order chi connectivity index (χ0) is 17.9. The van der Waals surface area contributed by atoms with E-state index in [1.165, 1.54) is 61.1 Å². The molecule has 0 saturated heterocycles. The monoisotopic (exact) mass is 355 g/mol. The third-order valence-electron chi connectivity index (χ3n) is 5.37. The molecule has 2 heterocycles. The number of nitrogens with zero attached hydrogens (tertiary/aromatic N) is 3.